The van der Waals surface area contributed by atoms with Crippen LogP contribution < -0.4 is 16.1 Å². The van der Waals surface area contributed by atoms with E-state index < -0.39 is 0 Å². The van der Waals surface area contributed by atoms with Gasteiger partial charge < -0.3 is 4.98 Å². The molecule has 0 amide bonds. The smallest absolute Gasteiger partial charge is 0.248 e. The van der Waals surface area contributed by atoms with Crippen molar-refractivity contribution in [2.75, 3.05) is 0 Å². The van der Waals surface area contributed by atoms with Gasteiger partial charge in [-0.05, 0) is 12.8 Å². The minimum absolute atomic E-state index is 0.0874. The summed E-state index contributed by atoms with van der Waals surface area (Å²) in [6.45, 7) is 0. The summed E-state index contributed by atoms with van der Waals surface area (Å²) in [5.74, 6) is 1.66. The second kappa shape index (κ2) is 3.93. The van der Waals surface area contributed by atoms with E-state index in [1.54, 1.807) is 18.2 Å². The standard InChI is InChI=1S/C14H11N5O/c15-10-11(8-3-1-2-4-9(8)12(10)20)16-14-17-13(18-19-14)7-5-6-7/h1-4,7,15H,5-6H2,(H,17,18,19)/b15-10?,16-11-. The summed E-state index contributed by atoms with van der Waals surface area (Å²) in [5.41, 5.74) is -0.290. The highest BCUT2D eigenvalue weighted by atomic mass is 16.1. The number of aromatic amines is 1. The third-order valence-corrected chi connectivity index (χ3v) is 3.56. The zero-order valence-electron chi connectivity index (χ0n) is 10.6. The predicted octanol–water partition coefficient (Wildman–Crippen LogP) is 0.783. The summed E-state index contributed by atoms with van der Waals surface area (Å²) in [6.07, 6.45) is 2.25. The summed E-state index contributed by atoms with van der Waals surface area (Å²) in [7, 11) is 0. The lowest BCUT2D eigenvalue weighted by Gasteiger charge is -1.87. The molecular weight excluding hydrogens is 254 g/mol. The fourth-order valence-electron chi connectivity index (χ4n) is 2.34. The van der Waals surface area contributed by atoms with E-state index in [1.807, 2.05) is 6.07 Å². The third-order valence-electron chi connectivity index (χ3n) is 3.56. The molecule has 0 spiro atoms. The molecule has 20 heavy (non-hydrogen) atoms. The maximum Gasteiger partial charge on any atom is 0.248 e. The van der Waals surface area contributed by atoms with Gasteiger partial charge in [-0.15, -0.1) is 10.2 Å². The Morgan fingerprint density at radius 2 is 1.95 bits per heavy atom. The summed E-state index contributed by atoms with van der Waals surface area (Å²) in [4.78, 5) is 19.3. The Morgan fingerprint density at radius 3 is 2.70 bits per heavy atom. The monoisotopic (exact) mass is 265 g/mol. The molecule has 0 aliphatic heterocycles. The first-order chi connectivity index (χ1) is 9.74. The van der Waals surface area contributed by atoms with Gasteiger partial charge in [0.2, 0.25) is 11.4 Å². The van der Waals surface area contributed by atoms with E-state index in [-0.39, 0.29) is 10.8 Å². The van der Waals surface area contributed by atoms with Gasteiger partial charge in [-0.3, -0.25) is 10.2 Å². The van der Waals surface area contributed by atoms with Crippen LogP contribution in [0, 0.1) is 5.41 Å². The van der Waals surface area contributed by atoms with E-state index in [4.69, 9.17) is 5.41 Å². The van der Waals surface area contributed by atoms with E-state index in [2.05, 4.69) is 20.2 Å². The van der Waals surface area contributed by atoms with E-state index in [1.165, 1.54) is 0 Å². The van der Waals surface area contributed by atoms with Crippen LogP contribution in [0.4, 0.5) is 5.95 Å². The van der Waals surface area contributed by atoms with Crippen LogP contribution in [0.1, 0.15) is 24.6 Å². The molecule has 98 valence electrons. The van der Waals surface area contributed by atoms with Gasteiger partial charge in [0.05, 0.1) is 0 Å². The Kier molecular flexibility index (Phi) is 2.20. The number of nitrogens with one attached hydrogen (secondary N) is 2. The number of fused-ring (bicyclic) bond motifs is 1. The molecule has 0 radical (unpaired) electrons. The number of benzene rings is 1. The first kappa shape index (κ1) is 11.2. The summed E-state index contributed by atoms with van der Waals surface area (Å²) >= 11 is 0. The average Bonchev–Trinajstić information content (AvgIpc) is 3.18. The van der Waals surface area contributed by atoms with E-state index in [0.717, 1.165) is 18.7 Å². The third kappa shape index (κ3) is 1.61. The van der Waals surface area contributed by atoms with Crippen molar-refractivity contribution >= 4 is 16.7 Å². The lowest BCUT2D eigenvalue weighted by molar-refractivity contribution is 0.934. The van der Waals surface area contributed by atoms with Crippen molar-refractivity contribution in [1.29, 1.82) is 5.41 Å². The van der Waals surface area contributed by atoms with Crippen molar-refractivity contribution in [3.8, 4) is 0 Å². The molecule has 1 aromatic heterocycles. The van der Waals surface area contributed by atoms with Crippen molar-refractivity contribution in [1.82, 2.24) is 15.2 Å². The Bertz CT molecular complexity index is 958. The van der Waals surface area contributed by atoms with Crippen LogP contribution >= 0.6 is 0 Å². The molecule has 0 atom stereocenters. The zero-order chi connectivity index (χ0) is 13.7. The highest BCUT2D eigenvalue weighted by Gasteiger charge is 2.27. The number of rotatable bonds is 2. The van der Waals surface area contributed by atoms with Crippen molar-refractivity contribution < 1.29 is 0 Å². The highest BCUT2D eigenvalue weighted by Crippen LogP contribution is 2.38. The molecule has 2 N–H and O–H groups in total. The van der Waals surface area contributed by atoms with Crippen LogP contribution in [0.5, 0.6) is 0 Å². The maximum atomic E-state index is 12.0. The molecule has 1 aliphatic carbocycles. The fraction of sp³-hybridized carbons (Fsp3) is 0.214. The Morgan fingerprint density at radius 1 is 1.20 bits per heavy atom. The van der Waals surface area contributed by atoms with Crippen molar-refractivity contribution in [2.24, 2.45) is 4.99 Å². The van der Waals surface area contributed by atoms with Gasteiger partial charge in [-0.2, -0.15) is 0 Å². The molecule has 3 aromatic rings. The van der Waals surface area contributed by atoms with Gasteiger partial charge in [0, 0.05) is 16.7 Å². The molecule has 0 unspecified atom stereocenters. The Labute approximate surface area is 113 Å². The Hall–Kier alpha value is -2.63. The van der Waals surface area contributed by atoms with Crippen LogP contribution in [0.3, 0.4) is 0 Å². The van der Waals surface area contributed by atoms with Crippen molar-refractivity contribution in [2.45, 2.75) is 18.8 Å². The second-order valence-corrected chi connectivity index (χ2v) is 5.02. The summed E-state index contributed by atoms with van der Waals surface area (Å²) in [6, 6.07) is 7.12. The van der Waals surface area contributed by atoms with Crippen LogP contribution in [0.25, 0.3) is 10.8 Å². The average molecular weight is 265 g/mol. The first-order valence-electron chi connectivity index (χ1n) is 6.48. The molecular formula is C14H11N5O. The SMILES string of the molecule is N=c1c(=O)c2ccccc2/c1=N/c1nnc(C2CC2)[nH]1. The van der Waals surface area contributed by atoms with E-state index >= 15 is 0 Å². The molecule has 1 heterocycles. The predicted molar refractivity (Wildman–Crippen MR) is 72.0 cm³/mol. The molecule has 4 rings (SSSR count). The lowest BCUT2D eigenvalue weighted by Crippen LogP contribution is -2.30. The quantitative estimate of drug-likeness (QED) is 0.716. The van der Waals surface area contributed by atoms with Gasteiger partial charge in [-0.1, -0.05) is 24.3 Å². The van der Waals surface area contributed by atoms with Gasteiger partial charge in [0.15, 0.2) is 0 Å². The maximum absolute atomic E-state index is 12.0. The molecule has 2 aromatic carbocycles. The van der Waals surface area contributed by atoms with Crippen LogP contribution in [0.2, 0.25) is 0 Å². The molecule has 6 heteroatoms. The van der Waals surface area contributed by atoms with Crippen LogP contribution in [0.15, 0.2) is 34.1 Å². The summed E-state index contributed by atoms with van der Waals surface area (Å²) < 4.78 is 0. The minimum Gasteiger partial charge on any atom is -0.309 e. The van der Waals surface area contributed by atoms with Crippen molar-refractivity contribution in [3.05, 3.63) is 51.0 Å². The highest BCUT2D eigenvalue weighted by molar-refractivity contribution is 5.83. The van der Waals surface area contributed by atoms with Gasteiger partial charge in [0.25, 0.3) is 0 Å². The number of aromatic nitrogens is 3. The molecule has 1 aliphatic rings. The number of nitrogens with zero attached hydrogens (tertiary/aromatic N) is 3. The normalized spacial score (nSPS) is 16.1. The van der Waals surface area contributed by atoms with Crippen LogP contribution in [-0.2, 0) is 0 Å². The van der Waals surface area contributed by atoms with E-state index in [9.17, 15) is 4.79 Å². The Balaban J connectivity index is 1.96. The van der Waals surface area contributed by atoms with Crippen molar-refractivity contribution in [3.63, 3.8) is 0 Å². The first-order valence-corrected chi connectivity index (χ1v) is 6.48. The fourth-order valence-corrected chi connectivity index (χ4v) is 2.34. The number of hydrogen-bond acceptors (Lipinski definition) is 5. The molecule has 0 saturated heterocycles. The largest absolute Gasteiger partial charge is 0.309 e. The zero-order valence-corrected chi connectivity index (χ0v) is 10.6. The second-order valence-electron chi connectivity index (χ2n) is 5.02. The van der Waals surface area contributed by atoms with Crippen LogP contribution in [-0.4, -0.2) is 15.2 Å². The number of H-pyrrole nitrogens is 1. The number of hydrogen-bond donors (Lipinski definition) is 2. The summed E-state index contributed by atoms with van der Waals surface area (Å²) in [5, 5.41) is 17.4. The van der Waals surface area contributed by atoms with Gasteiger partial charge in [-0.25, -0.2) is 4.99 Å². The molecule has 6 nitrogen and oxygen atoms in total. The topological polar surface area (TPSA) is 94.8 Å². The molecule has 1 fully saturated rings. The molecule has 0 bridgehead atoms. The lowest BCUT2D eigenvalue weighted by atomic mass is 10.2. The molecule has 1 saturated carbocycles. The van der Waals surface area contributed by atoms with Gasteiger partial charge >= 0.3 is 0 Å². The minimum atomic E-state index is -0.290. The van der Waals surface area contributed by atoms with E-state index in [0.29, 0.717) is 28.0 Å². The van der Waals surface area contributed by atoms with Gasteiger partial charge in [0.1, 0.15) is 16.5 Å².